The predicted molar refractivity (Wildman–Crippen MR) is 74.2 cm³/mol. The number of aliphatic hydroxyl groups excluding tert-OH is 1. The van der Waals surface area contributed by atoms with Gasteiger partial charge in [-0.25, -0.2) is 0 Å². The van der Waals surface area contributed by atoms with Gasteiger partial charge in [-0.15, -0.1) is 0 Å². The number of nitrogens with two attached hydrogens (primary N) is 1. The summed E-state index contributed by atoms with van der Waals surface area (Å²) >= 11 is 3.33. The number of rotatable bonds is 1. The molecular formula is C13H17BrN2O2. The number of nitrogen functional groups attached to an aromatic ring is 1. The molecular weight excluding hydrogens is 296 g/mol. The molecule has 0 spiro atoms. The van der Waals surface area contributed by atoms with Crippen molar-refractivity contribution in [3.05, 3.63) is 28.2 Å². The third-order valence-electron chi connectivity index (χ3n) is 3.37. The molecule has 1 aliphatic heterocycles. The lowest BCUT2D eigenvalue weighted by molar-refractivity contribution is 0.0248. The van der Waals surface area contributed by atoms with E-state index >= 15 is 0 Å². The Labute approximate surface area is 115 Å². The van der Waals surface area contributed by atoms with Crippen molar-refractivity contribution in [2.24, 2.45) is 5.92 Å². The number of carbonyl (C=O) groups is 1. The van der Waals surface area contributed by atoms with E-state index in [9.17, 15) is 9.90 Å². The van der Waals surface area contributed by atoms with Crippen LogP contribution in [0.25, 0.3) is 0 Å². The normalized spacial score (nSPS) is 24.1. The maximum atomic E-state index is 12.3. The fourth-order valence-electron chi connectivity index (χ4n) is 2.15. The molecule has 1 fully saturated rings. The van der Waals surface area contributed by atoms with Crippen LogP contribution in [0, 0.1) is 5.92 Å². The molecule has 1 aromatic rings. The van der Waals surface area contributed by atoms with Gasteiger partial charge in [-0.2, -0.15) is 0 Å². The molecule has 2 unspecified atom stereocenters. The van der Waals surface area contributed by atoms with Crippen molar-refractivity contribution in [1.29, 1.82) is 0 Å². The number of β-amino-alcohol motifs (C(OH)–C–C–N with tert-alkyl or cyclic N) is 1. The number of piperidine rings is 1. The van der Waals surface area contributed by atoms with Crippen LogP contribution in [-0.4, -0.2) is 35.1 Å². The van der Waals surface area contributed by atoms with E-state index in [1.54, 1.807) is 23.1 Å². The number of anilines is 1. The van der Waals surface area contributed by atoms with E-state index in [0.717, 1.165) is 10.9 Å². The van der Waals surface area contributed by atoms with Crippen LogP contribution in [0.2, 0.25) is 0 Å². The fraction of sp³-hybridized carbons (Fsp3) is 0.462. The summed E-state index contributed by atoms with van der Waals surface area (Å²) < 4.78 is 0.789. The quantitative estimate of drug-likeness (QED) is 0.778. The van der Waals surface area contributed by atoms with Crippen molar-refractivity contribution in [2.75, 3.05) is 18.8 Å². The molecule has 18 heavy (non-hydrogen) atoms. The summed E-state index contributed by atoms with van der Waals surface area (Å²) in [5.74, 6) is 0.176. The summed E-state index contributed by atoms with van der Waals surface area (Å²) in [6.07, 6.45) is 0.392. The summed E-state index contributed by atoms with van der Waals surface area (Å²) in [6, 6.07) is 5.17. The highest BCUT2D eigenvalue weighted by Crippen LogP contribution is 2.22. The highest BCUT2D eigenvalue weighted by molar-refractivity contribution is 9.10. The second-order valence-electron chi connectivity index (χ2n) is 4.86. The number of hydrogen-bond acceptors (Lipinski definition) is 3. The van der Waals surface area contributed by atoms with Crippen LogP contribution in [0.15, 0.2) is 22.7 Å². The van der Waals surface area contributed by atoms with Gasteiger partial charge in [-0.3, -0.25) is 4.79 Å². The summed E-state index contributed by atoms with van der Waals surface area (Å²) in [5, 5.41) is 9.83. The van der Waals surface area contributed by atoms with Crippen LogP contribution >= 0.6 is 15.9 Å². The minimum absolute atomic E-state index is 0.0750. The zero-order valence-corrected chi connectivity index (χ0v) is 11.9. The monoisotopic (exact) mass is 312 g/mol. The molecule has 1 amide bonds. The first kappa shape index (κ1) is 13.4. The van der Waals surface area contributed by atoms with E-state index in [4.69, 9.17) is 5.73 Å². The van der Waals surface area contributed by atoms with E-state index < -0.39 is 6.10 Å². The molecule has 2 rings (SSSR count). The van der Waals surface area contributed by atoms with E-state index in [1.807, 2.05) is 6.92 Å². The predicted octanol–water partition coefficient (Wildman–Crippen LogP) is 1.87. The SMILES string of the molecule is CC1CCN(C(=O)c2cc(N)cc(Br)c2)CC1O. The number of aliphatic hydroxyl groups is 1. The number of hydrogen-bond donors (Lipinski definition) is 2. The second-order valence-corrected chi connectivity index (χ2v) is 5.77. The largest absolute Gasteiger partial charge is 0.399 e. The lowest BCUT2D eigenvalue weighted by Crippen LogP contribution is -2.45. The molecule has 3 N–H and O–H groups in total. The smallest absolute Gasteiger partial charge is 0.254 e. The molecule has 1 saturated heterocycles. The lowest BCUT2D eigenvalue weighted by Gasteiger charge is -2.34. The number of nitrogens with zero attached hydrogens (tertiary/aromatic N) is 1. The van der Waals surface area contributed by atoms with Crippen molar-refractivity contribution < 1.29 is 9.90 Å². The summed E-state index contributed by atoms with van der Waals surface area (Å²) in [7, 11) is 0. The molecule has 98 valence electrons. The molecule has 4 nitrogen and oxygen atoms in total. The molecule has 5 heteroatoms. The van der Waals surface area contributed by atoms with Crippen LogP contribution in [0.4, 0.5) is 5.69 Å². The van der Waals surface area contributed by atoms with Gasteiger partial charge in [0.1, 0.15) is 0 Å². The van der Waals surface area contributed by atoms with Crippen LogP contribution in [-0.2, 0) is 0 Å². The van der Waals surface area contributed by atoms with Crippen LogP contribution in [0.1, 0.15) is 23.7 Å². The van der Waals surface area contributed by atoms with Crippen LogP contribution in [0.3, 0.4) is 0 Å². The van der Waals surface area contributed by atoms with Gasteiger partial charge in [-0.1, -0.05) is 22.9 Å². The Morgan fingerprint density at radius 1 is 1.50 bits per heavy atom. The first-order valence-corrected chi connectivity index (χ1v) is 6.80. The summed E-state index contributed by atoms with van der Waals surface area (Å²) in [6.45, 7) is 3.08. The van der Waals surface area contributed by atoms with Crippen molar-refractivity contribution in [3.63, 3.8) is 0 Å². The number of benzene rings is 1. The first-order chi connectivity index (χ1) is 8.47. The van der Waals surface area contributed by atoms with Gasteiger partial charge in [0, 0.05) is 28.8 Å². The molecule has 2 atom stereocenters. The Bertz CT molecular complexity index is 444. The minimum atomic E-state index is -0.438. The van der Waals surface area contributed by atoms with E-state index in [-0.39, 0.29) is 11.8 Å². The van der Waals surface area contributed by atoms with E-state index in [2.05, 4.69) is 15.9 Å². The molecule has 0 aliphatic carbocycles. The minimum Gasteiger partial charge on any atom is -0.399 e. The van der Waals surface area contributed by atoms with Gasteiger partial charge in [0.05, 0.1) is 6.10 Å². The van der Waals surface area contributed by atoms with Gasteiger partial charge < -0.3 is 15.7 Å². The highest BCUT2D eigenvalue weighted by Gasteiger charge is 2.27. The lowest BCUT2D eigenvalue weighted by atomic mass is 9.95. The summed E-state index contributed by atoms with van der Waals surface area (Å²) in [5.41, 5.74) is 6.84. The zero-order valence-electron chi connectivity index (χ0n) is 10.3. The van der Waals surface area contributed by atoms with Crippen LogP contribution in [0.5, 0.6) is 0 Å². The van der Waals surface area contributed by atoms with Gasteiger partial charge in [0.15, 0.2) is 0 Å². The molecule has 1 aliphatic rings. The average molecular weight is 313 g/mol. The molecule has 0 radical (unpaired) electrons. The summed E-state index contributed by atoms with van der Waals surface area (Å²) in [4.78, 5) is 14.0. The Kier molecular flexibility index (Phi) is 3.92. The second kappa shape index (κ2) is 5.28. The Hall–Kier alpha value is -1.07. The third-order valence-corrected chi connectivity index (χ3v) is 3.83. The topological polar surface area (TPSA) is 66.6 Å². The standard InChI is InChI=1S/C13H17BrN2O2/c1-8-2-3-16(7-12(8)17)13(18)9-4-10(14)6-11(15)5-9/h4-6,8,12,17H,2-3,7,15H2,1H3. The van der Waals surface area contributed by atoms with Gasteiger partial charge in [0.2, 0.25) is 0 Å². The van der Waals surface area contributed by atoms with Crippen molar-refractivity contribution in [2.45, 2.75) is 19.4 Å². The highest BCUT2D eigenvalue weighted by atomic mass is 79.9. The Balaban J connectivity index is 2.16. The Morgan fingerprint density at radius 3 is 2.83 bits per heavy atom. The van der Waals surface area contributed by atoms with Crippen molar-refractivity contribution >= 4 is 27.5 Å². The molecule has 0 aromatic heterocycles. The average Bonchev–Trinajstić information content (AvgIpc) is 2.30. The number of halogens is 1. The molecule has 1 heterocycles. The van der Waals surface area contributed by atoms with Crippen LogP contribution < -0.4 is 5.73 Å². The molecule has 1 aromatic carbocycles. The molecule has 0 bridgehead atoms. The number of likely N-dealkylation sites (tertiary alicyclic amines) is 1. The van der Waals surface area contributed by atoms with E-state index in [0.29, 0.717) is 24.3 Å². The number of amides is 1. The Morgan fingerprint density at radius 2 is 2.22 bits per heavy atom. The van der Waals surface area contributed by atoms with Crippen molar-refractivity contribution in [1.82, 2.24) is 4.90 Å². The van der Waals surface area contributed by atoms with Gasteiger partial charge >= 0.3 is 0 Å². The maximum Gasteiger partial charge on any atom is 0.254 e. The first-order valence-electron chi connectivity index (χ1n) is 6.01. The zero-order chi connectivity index (χ0) is 13.3. The van der Waals surface area contributed by atoms with Crippen molar-refractivity contribution in [3.8, 4) is 0 Å². The number of carbonyl (C=O) groups excluding carboxylic acids is 1. The fourth-order valence-corrected chi connectivity index (χ4v) is 2.66. The molecule has 0 saturated carbocycles. The van der Waals surface area contributed by atoms with Gasteiger partial charge in [0.25, 0.3) is 5.91 Å². The maximum absolute atomic E-state index is 12.3. The van der Waals surface area contributed by atoms with Gasteiger partial charge in [-0.05, 0) is 30.5 Å². The third kappa shape index (κ3) is 2.84. The van der Waals surface area contributed by atoms with E-state index in [1.165, 1.54) is 0 Å².